The number of carbonyl (C=O) groups is 2. The topological polar surface area (TPSA) is 140 Å². The zero-order valence-electron chi connectivity index (χ0n) is 28.8. The fraction of sp³-hybridized carbons (Fsp3) is 0.882. The highest BCUT2D eigenvalue weighted by atomic mass is 35.5. The van der Waals surface area contributed by atoms with Crippen LogP contribution < -0.4 is 21.7 Å². The minimum Gasteiger partial charge on any atom is -0.481 e. The van der Waals surface area contributed by atoms with Crippen LogP contribution in [0.2, 0.25) is 0 Å². The molecule has 0 aliphatic heterocycles. The molecule has 44 heavy (non-hydrogen) atoms. The van der Waals surface area contributed by atoms with Crippen LogP contribution in [0.4, 0.5) is 0 Å². The van der Waals surface area contributed by atoms with Crippen molar-refractivity contribution < 1.29 is 19.8 Å². The quantitative estimate of drug-likeness (QED) is 0.0397. The molecule has 262 valence electrons. The van der Waals surface area contributed by atoms with E-state index < -0.39 is 24.4 Å². The molecule has 10 heteroatoms. The third-order valence-corrected chi connectivity index (χ3v) is 7.89. The van der Waals surface area contributed by atoms with Gasteiger partial charge < -0.3 is 31.9 Å². The van der Waals surface area contributed by atoms with Gasteiger partial charge in [0.25, 0.3) is 0 Å². The van der Waals surface area contributed by atoms with Gasteiger partial charge in [-0.2, -0.15) is 0 Å². The molecule has 5 atom stereocenters. The molecule has 0 amide bonds. The third-order valence-electron chi connectivity index (χ3n) is 7.89. The van der Waals surface area contributed by atoms with E-state index in [2.05, 4.69) is 48.9 Å². The molecule has 0 bridgehead atoms. The third kappa shape index (κ3) is 28.3. The van der Waals surface area contributed by atoms with Gasteiger partial charge in [-0.3, -0.25) is 14.5 Å². The Morgan fingerprint density at radius 3 is 1.64 bits per heavy atom. The Balaban J connectivity index is 0. The number of nitrogens with zero attached hydrogens (tertiary/aromatic N) is 1. The van der Waals surface area contributed by atoms with E-state index >= 15 is 0 Å². The molecule has 0 saturated carbocycles. The van der Waals surface area contributed by atoms with Crippen molar-refractivity contribution >= 4 is 24.3 Å². The molecule has 0 saturated heterocycles. The van der Waals surface area contributed by atoms with Crippen LogP contribution in [0.1, 0.15) is 131 Å². The van der Waals surface area contributed by atoms with Gasteiger partial charge in [-0.25, -0.2) is 0 Å². The van der Waals surface area contributed by atoms with Gasteiger partial charge in [0.15, 0.2) is 0 Å². The van der Waals surface area contributed by atoms with Crippen molar-refractivity contribution in [2.24, 2.45) is 5.73 Å². The minimum absolute atomic E-state index is 0. The maximum absolute atomic E-state index is 12.0. The number of carboxylic acids is 2. The Bertz CT molecular complexity index is 713. The number of carboxylic acid groups (broad SMARTS) is 2. The second kappa shape index (κ2) is 30.4. The summed E-state index contributed by atoms with van der Waals surface area (Å²) in [5.74, 6) is -2.15. The van der Waals surface area contributed by atoms with Crippen molar-refractivity contribution in [1.82, 2.24) is 20.9 Å². The van der Waals surface area contributed by atoms with E-state index in [1.165, 1.54) is 64.2 Å². The summed E-state index contributed by atoms with van der Waals surface area (Å²) in [6.07, 6.45) is 21.4. The summed E-state index contributed by atoms with van der Waals surface area (Å²) < 4.78 is 0. The number of nitrogens with two attached hydrogens (primary N) is 1. The molecule has 0 aromatic rings. The first-order chi connectivity index (χ1) is 20.6. The zero-order chi connectivity index (χ0) is 32.3. The van der Waals surface area contributed by atoms with Crippen LogP contribution in [0.5, 0.6) is 0 Å². The Hall–Kier alpha value is -1.23. The number of aliphatic carboxylic acids is 2. The first-order valence-corrected chi connectivity index (χ1v) is 17.4. The number of halogens is 1. The van der Waals surface area contributed by atoms with E-state index in [4.69, 9.17) is 5.73 Å². The Morgan fingerprint density at radius 2 is 1.16 bits per heavy atom. The average Bonchev–Trinajstić information content (AvgIpc) is 2.95. The summed E-state index contributed by atoms with van der Waals surface area (Å²) in [6, 6.07) is -0.316. The number of rotatable bonds is 31. The van der Waals surface area contributed by atoms with Gasteiger partial charge in [0.05, 0.1) is 6.42 Å². The maximum atomic E-state index is 12.0. The second-order valence-electron chi connectivity index (χ2n) is 12.8. The van der Waals surface area contributed by atoms with Crippen LogP contribution in [-0.2, 0) is 9.59 Å². The summed E-state index contributed by atoms with van der Waals surface area (Å²) in [7, 11) is 0. The number of nitrogens with one attached hydrogen (secondary N) is 3. The van der Waals surface area contributed by atoms with Crippen LogP contribution in [0.25, 0.3) is 0 Å². The maximum Gasteiger partial charge on any atom is 0.321 e. The van der Waals surface area contributed by atoms with E-state index in [1.54, 1.807) is 0 Å². The van der Waals surface area contributed by atoms with Crippen molar-refractivity contribution in [3.63, 3.8) is 0 Å². The first-order valence-electron chi connectivity index (χ1n) is 17.4. The number of hydrogen-bond donors (Lipinski definition) is 6. The summed E-state index contributed by atoms with van der Waals surface area (Å²) >= 11 is 0. The van der Waals surface area contributed by atoms with Crippen LogP contribution in [0.3, 0.4) is 0 Å². The lowest BCUT2D eigenvalue weighted by Gasteiger charge is -2.31. The monoisotopic (exact) mass is 648 g/mol. The molecular formula is C34H70ClN5O4. The molecule has 0 fully saturated rings. The van der Waals surface area contributed by atoms with Gasteiger partial charge in [0.2, 0.25) is 0 Å². The molecule has 9 nitrogen and oxygen atoms in total. The van der Waals surface area contributed by atoms with E-state index in [-0.39, 0.29) is 30.5 Å². The smallest absolute Gasteiger partial charge is 0.321 e. The van der Waals surface area contributed by atoms with E-state index in [1.807, 2.05) is 18.7 Å². The van der Waals surface area contributed by atoms with Crippen LogP contribution in [-0.4, -0.2) is 90.0 Å². The summed E-state index contributed by atoms with van der Waals surface area (Å²) in [5.41, 5.74) is 5.81. The fourth-order valence-corrected chi connectivity index (χ4v) is 5.18. The van der Waals surface area contributed by atoms with Crippen LogP contribution in [0.15, 0.2) is 12.2 Å². The SMILES string of the molecule is CCCCCCCC/C=C\CCCCCCCCN(CC(C)NCC(C)NCC(C)NCC(C)N)C(CC(=O)O)C(=O)O.Cl. The molecule has 0 heterocycles. The van der Waals surface area contributed by atoms with Gasteiger partial charge in [0, 0.05) is 50.3 Å². The lowest BCUT2D eigenvalue weighted by molar-refractivity contribution is -0.150. The predicted octanol–water partition coefficient (Wildman–Crippen LogP) is 5.96. The average molecular weight is 648 g/mol. The highest BCUT2D eigenvalue weighted by Gasteiger charge is 2.29. The van der Waals surface area contributed by atoms with E-state index in [0.717, 1.165) is 45.3 Å². The van der Waals surface area contributed by atoms with Gasteiger partial charge in [-0.05, 0) is 66.3 Å². The molecular weight excluding hydrogens is 578 g/mol. The number of allylic oxidation sites excluding steroid dienone is 2. The van der Waals surface area contributed by atoms with Crippen molar-refractivity contribution in [2.75, 3.05) is 32.7 Å². The lowest BCUT2D eigenvalue weighted by atomic mass is 10.1. The highest BCUT2D eigenvalue weighted by molar-refractivity contribution is 5.85. The van der Waals surface area contributed by atoms with E-state index in [9.17, 15) is 19.8 Å². The molecule has 0 spiro atoms. The van der Waals surface area contributed by atoms with Crippen molar-refractivity contribution in [2.45, 2.75) is 161 Å². The Kier molecular flexibility index (Phi) is 31.0. The van der Waals surface area contributed by atoms with Crippen molar-refractivity contribution in [3.8, 4) is 0 Å². The summed E-state index contributed by atoms with van der Waals surface area (Å²) in [4.78, 5) is 25.3. The summed E-state index contributed by atoms with van der Waals surface area (Å²) in [5, 5.41) is 29.6. The first kappa shape index (κ1) is 44.9. The van der Waals surface area contributed by atoms with Gasteiger partial charge in [-0.1, -0.05) is 76.9 Å². The normalized spacial score (nSPS) is 15.2. The molecule has 0 radical (unpaired) electrons. The Labute approximate surface area is 276 Å². The van der Waals surface area contributed by atoms with Crippen molar-refractivity contribution in [1.29, 1.82) is 0 Å². The van der Waals surface area contributed by atoms with Gasteiger partial charge >= 0.3 is 11.9 Å². The van der Waals surface area contributed by atoms with Gasteiger partial charge in [0.1, 0.15) is 6.04 Å². The fourth-order valence-electron chi connectivity index (χ4n) is 5.18. The highest BCUT2D eigenvalue weighted by Crippen LogP contribution is 2.13. The van der Waals surface area contributed by atoms with Crippen LogP contribution >= 0.6 is 12.4 Å². The molecule has 5 unspecified atom stereocenters. The Morgan fingerprint density at radius 1 is 0.705 bits per heavy atom. The largest absolute Gasteiger partial charge is 0.481 e. The standard InChI is InChI=1S/C34H69N5O4.ClH/c1-6-7-8-9-10-11-12-13-14-15-16-17-18-19-20-21-22-39(32(34(42)43)23-33(40)41)27-31(5)38-26-30(4)37-25-29(3)36-24-28(2)35;/h13-14,28-32,36-38H,6-12,15-27,35H2,1-5H3,(H,40,41)(H,42,43);1H/b14-13-;. The molecule has 0 aliphatic rings. The molecule has 0 aromatic carbocycles. The van der Waals surface area contributed by atoms with Crippen molar-refractivity contribution in [3.05, 3.63) is 12.2 Å². The predicted molar refractivity (Wildman–Crippen MR) is 188 cm³/mol. The summed E-state index contributed by atoms with van der Waals surface area (Å²) in [6.45, 7) is 13.9. The number of unbranched alkanes of at least 4 members (excludes halogenated alkanes) is 12. The molecule has 0 aliphatic carbocycles. The van der Waals surface area contributed by atoms with E-state index in [0.29, 0.717) is 19.1 Å². The van der Waals surface area contributed by atoms with Gasteiger partial charge in [-0.15, -0.1) is 12.4 Å². The molecule has 0 aromatic heterocycles. The lowest BCUT2D eigenvalue weighted by Crippen LogP contribution is -2.51. The second-order valence-corrected chi connectivity index (χ2v) is 12.8. The number of hydrogen-bond acceptors (Lipinski definition) is 7. The minimum atomic E-state index is -1.08. The zero-order valence-corrected chi connectivity index (χ0v) is 29.6. The molecule has 0 rings (SSSR count). The molecule has 7 N–H and O–H groups in total. The van der Waals surface area contributed by atoms with Crippen LogP contribution in [0, 0.1) is 0 Å².